The predicted molar refractivity (Wildman–Crippen MR) is 183 cm³/mol. The summed E-state index contributed by atoms with van der Waals surface area (Å²) in [5, 5.41) is 12.8. The molecule has 0 bridgehead atoms. The Morgan fingerprint density at radius 2 is 1.80 bits per heavy atom. The van der Waals surface area contributed by atoms with E-state index in [0.717, 1.165) is 11.3 Å². The number of hydroxylamine groups is 3. The first-order valence-corrected chi connectivity index (χ1v) is 16.6. The monoisotopic (exact) mass is 647 g/mol. The van der Waals surface area contributed by atoms with Crippen molar-refractivity contribution in [2.45, 2.75) is 38.5 Å². The van der Waals surface area contributed by atoms with Crippen LogP contribution in [0.15, 0.2) is 64.7 Å². The molecule has 1 aliphatic heterocycles. The van der Waals surface area contributed by atoms with Gasteiger partial charge < -0.3 is 28.9 Å². The van der Waals surface area contributed by atoms with Gasteiger partial charge in [-0.25, -0.2) is 4.79 Å². The summed E-state index contributed by atoms with van der Waals surface area (Å²) < 4.78 is 19.2. The number of para-hydroxylation sites is 1. The number of amides is 1. The van der Waals surface area contributed by atoms with Gasteiger partial charge in [-0.1, -0.05) is 12.1 Å². The van der Waals surface area contributed by atoms with Crippen molar-refractivity contribution in [2.24, 2.45) is 0 Å². The zero-order valence-corrected chi connectivity index (χ0v) is 28.4. The summed E-state index contributed by atoms with van der Waals surface area (Å²) in [6, 6.07) is 14.9. The van der Waals surface area contributed by atoms with E-state index in [4.69, 9.17) is 4.74 Å². The van der Waals surface area contributed by atoms with E-state index in [2.05, 4.69) is 9.97 Å². The van der Waals surface area contributed by atoms with Crippen LogP contribution in [-0.2, 0) is 15.9 Å². The number of aromatic nitrogens is 3. The second-order valence-electron chi connectivity index (χ2n) is 13.0. The van der Waals surface area contributed by atoms with E-state index >= 15 is 0 Å². The topological polar surface area (TPSA) is 130 Å². The maximum Gasteiger partial charge on any atom is 0.414 e. The van der Waals surface area contributed by atoms with Crippen LogP contribution in [0, 0.1) is 12.1 Å². The summed E-state index contributed by atoms with van der Waals surface area (Å²) in [5.74, 6) is 0. The average molecular weight is 648 g/mol. The summed E-state index contributed by atoms with van der Waals surface area (Å²) in [4.78, 5) is 42.2. The SMILES string of the molecule is Cc1cccc2c1N(C(=O)OC(C)(C)C)CCN2c1cc2cnc([S+](C)[O-])nc2n(-c2ccc(N(C)CC[N+](C)(C)[O-])cc2)c1=O. The first-order chi connectivity index (χ1) is 21.5. The number of rotatable bonds is 7. The van der Waals surface area contributed by atoms with Crippen molar-refractivity contribution in [3.63, 3.8) is 0 Å². The van der Waals surface area contributed by atoms with Crippen LogP contribution >= 0.6 is 0 Å². The Bertz CT molecular complexity index is 1810. The fourth-order valence-electron chi connectivity index (χ4n) is 5.41. The van der Waals surface area contributed by atoms with Gasteiger partial charge in [0.1, 0.15) is 17.5 Å². The van der Waals surface area contributed by atoms with Gasteiger partial charge >= 0.3 is 11.2 Å². The van der Waals surface area contributed by atoms with Gasteiger partial charge in [0.15, 0.2) is 5.65 Å². The maximum atomic E-state index is 14.5. The zero-order chi connectivity index (χ0) is 33.6. The summed E-state index contributed by atoms with van der Waals surface area (Å²) in [6.07, 6.45) is 2.63. The van der Waals surface area contributed by atoms with Crippen LogP contribution in [0.5, 0.6) is 0 Å². The van der Waals surface area contributed by atoms with Gasteiger partial charge in [0.05, 0.1) is 44.2 Å². The highest BCUT2D eigenvalue weighted by Gasteiger charge is 2.33. The standard InChI is InChI=1S/C33H41N7O5S/c1-22-10-9-11-26-28(22)38(32(42)45-33(2,3)4)17-16-37(26)27-20-23-21-34-31(46(8)44)35-29(23)39(30(27)41)25-14-12-24(13-15-25)36(5)18-19-40(6,7)43/h9-15,20-21H,16-19H2,1-8H3. The number of nitrogens with zero attached hydrogens (tertiary/aromatic N) is 7. The third-order valence-corrected chi connectivity index (χ3v) is 8.42. The molecule has 4 aromatic rings. The Morgan fingerprint density at radius 1 is 1.11 bits per heavy atom. The van der Waals surface area contributed by atoms with Crippen LogP contribution in [0.2, 0.25) is 0 Å². The van der Waals surface area contributed by atoms with Crippen LogP contribution < -0.4 is 20.3 Å². The Hall–Kier alpha value is -4.17. The molecule has 1 aliphatic rings. The third-order valence-electron chi connectivity index (χ3n) is 7.71. The molecule has 1 unspecified atom stereocenters. The Kier molecular flexibility index (Phi) is 9.06. The number of anilines is 4. The van der Waals surface area contributed by atoms with E-state index < -0.39 is 27.5 Å². The number of ether oxygens (including phenoxy) is 1. The van der Waals surface area contributed by atoms with Crippen molar-refractivity contribution in [1.29, 1.82) is 0 Å². The number of likely N-dealkylation sites (N-methyl/N-ethyl adjacent to an activating group) is 2. The summed E-state index contributed by atoms with van der Waals surface area (Å²) in [5.41, 5.74) is 3.41. The summed E-state index contributed by atoms with van der Waals surface area (Å²) in [7, 11) is 5.13. The van der Waals surface area contributed by atoms with E-state index in [1.54, 1.807) is 31.3 Å². The number of fused-ring (bicyclic) bond motifs is 2. The fraction of sp³-hybridized carbons (Fsp3) is 0.394. The minimum absolute atomic E-state index is 0.120. The highest BCUT2D eigenvalue weighted by atomic mass is 32.2. The highest BCUT2D eigenvalue weighted by Crippen LogP contribution is 2.40. The molecule has 3 heterocycles. The van der Waals surface area contributed by atoms with Gasteiger partial charge in [0, 0.05) is 48.6 Å². The first-order valence-electron chi connectivity index (χ1n) is 15.0. The Morgan fingerprint density at radius 3 is 2.43 bits per heavy atom. The van der Waals surface area contributed by atoms with E-state index in [9.17, 15) is 19.3 Å². The minimum atomic E-state index is -1.47. The maximum absolute atomic E-state index is 14.5. The fourth-order valence-corrected chi connectivity index (χ4v) is 5.83. The molecule has 46 heavy (non-hydrogen) atoms. The molecule has 5 rings (SSSR count). The second-order valence-corrected chi connectivity index (χ2v) is 14.3. The predicted octanol–water partition coefficient (Wildman–Crippen LogP) is 4.73. The van der Waals surface area contributed by atoms with Crippen LogP contribution in [0.3, 0.4) is 0 Å². The summed E-state index contributed by atoms with van der Waals surface area (Å²) >= 11 is -1.47. The molecule has 0 saturated heterocycles. The van der Waals surface area contributed by atoms with E-state index in [0.29, 0.717) is 60.0 Å². The number of hydrogen-bond acceptors (Lipinski definition) is 9. The second kappa shape index (κ2) is 12.6. The largest absolute Gasteiger partial charge is 0.633 e. The lowest BCUT2D eigenvalue weighted by molar-refractivity contribution is -0.838. The van der Waals surface area contributed by atoms with Crippen molar-refractivity contribution >= 4 is 51.1 Å². The van der Waals surface area contributed by atoms with Crippen LogP contribution in [0.4, 0.5) is 27.5 Å². The van der Waals surface area contributed by atoms with Gasteiger partial charge in [-0.2, -0.15) is 9.97 Å². The number of carbonyl (C=O) groups excluding carboxylic acids is 1. The summed E-state index contributed by atoms with van der Waals surface area (Å²) in [6.45, 7) is 9.03. The molecule has 1 atom stereocenters. The highest BCUT2D eigenvalue weighted by molar-refractivity contribution is 7.90. The molecule has 0 aliphatic carbocycles. The van der Waals surface area contributed by atoms with Gasteiger partial charge in [0.25, 0.3) is 5.56 Å². The Balaban J connectivity index is 1.63. The molecule has 0 radical (unpaired) electrons. The molecule has 0 spiro atoms. The lowest BCUT2D eigenvalue weighted by atomic mass is 10.1. The van der Waals surface area contributed by atoms with E-state index in [1.807, 2.05) is 87.0 Å². The Labute approximate surface area is 272 Å². The molecule has 12 nitrogen and oxygen atoms in total. The normalized spacial score (nSPS) is 14.3. The number of benzene rings is 2. The zero-order valence-electron chi connectivity index (χ0n) is 27.6. The number of pyridine rings is 1. The van der Waals surface area contributed by atoms with Gasteiger partial charge in [-0.15, -0.1) is 0 Å². The van der Waals surface area contributed by atoms with Crippen LogP contribution in [0.25, 0.3) is 16.7 Å². The van der Waals surface area contributed by atoms with E-state index in [1.165, 1.54) is 10.8 Å². The third kappa shape index (κ3) is 6.97. The number of carbonyl (C=O) groups is 1. The lowest BCUT2D eigenvalue weighted by Crippen LogP contribution is -2.46. The number of hydrogen-bond donors (Lipinski definition) is 0. The molecular weight excluding hydrogens is 606 g/mol. The van der Waals surface area contributed by atoms with Gasteiger partial charge in [0.2, 0.25) is 0 Å². The first kappa shape index (κ1) is 33.2. The average Bonchev–Trinajstić information content (AvgIpc) is 2.98. The van der Waals surface area contributed by atoms with Gasteiger partial charge in [-0.05, 0) is 69.7 Å². The van der Waals surface area contributed by atoms with E-state index in [-0.39, 0.29) is 10.7 Å². The van der Waals surface area contributed by atoms with Gasteiger partial charge in [-0.3, -0.25) is 14.3 Å². The molecule has 1 amide bonds. The van der Waals surface area contributed by atoms with Crippen molar-refractivity contribution < 1.29 is 18.7 Å². The number of aryl methyl sites for hydroxylation is 1. The molecule has 2 aromatic carbocycles. The van der Waals surface area contributed by atoms with Crippen LogP contribution in [0.1, 0.15) is 26.3 Å². The molecule has 0 saturated carbocycles. The lowest BCUT2D eigenvalue weighted by Gasteiger charge is -2.39. The quantitative estimate of drug-likeness (QED) is 0.121. The molecule has 0 fully saturated rings. The van der Waals surface area contributed by atoms with Crippen molar-refractivity contribution in [2.75, 3.05) is 68.3 Å². The van der Waals surface area contributed by atoms with Crippen LogP contribution in [-0.4, -0.2) is 89.0 Å². The van der Waals surface area contributed by atoms with Crippen molar-refractivity contribution in [3.8, 4) is 5.69 Å². The van der Waals surface area contributed by atoms with Crippen molar-refractivity contribution in [3.05, 3.63) is 75.9 Å². The molecule has 0 N–H and O–H groups in total. The molecular formula is C33H41N7O5S. The minimum Gasteiger partial charge on any atom is -0.633 e. The number of quaternary nitrogens is 1. The molecule has 2 aromatic heterocycles. The smallest absolute Gasteiger partial charge is 0.414 e. The van der Waals surface area contributed by atoms with Crippen molar-refractivity contribution in [1.82, 2.24) is 14.5 Å². The molecule has 244 valence electrons. The molecule has 13 heteroatoms.